The summed E-state index contributed by atoms with van der Waals surface area (Å²) in [5.74, 6) is 0. The van der Waals surface area contributed by atoms with Crippen LogP contribution < -0.4 is 5.73 Å². The normalized spacial score (nSPS) is 11.7. The van der Waals surface area contributed by atoms with E-state index in [-0.39, 0.29) is 5.41 Å². The fourth-order valence-corrected chi connectivity index (χ4v) is 1.17. The van der Waals surface area contributed by atoms with Crippen molar-refractivity contribution in [3.8, 4) is 0 Å². The van der Waals surface area contributed by atoms with Crippen LogP contribution in [0.15, 0.2) is 24.3 Å². The van der Waals surface area contributed by atoms with Crippen molar-refractivity contribution in [2.75, 3.05) is 0 Å². The Balaban J connectivity index is 2.93. The molecule has 0 unspecified atom stereocenters. The first-order valence-electron chi connectivity index (χ1n) is 4.42. The first-order chi connectivity index (χ1) is 5.54. The summed E-state index contributed by atoms with van der Waals surface area (Å²) in [7, 11) is 0. The van der Waals surface area contributed by atoms with Crippen LogP contribution in [0.5, 0.6) is 0 Å². The standard InChI is InChI=1S/C11H17N/c1-11(2,3)10-6-4-9(8-12)5-7-10/h4-7H,8,12H2,1-3H3/p+1. The molecule has 1 aromatic rings. The Labute approximate surface area is 74.6 Å². The number of quaternary nitrogens is 1. The van der Waals surface area contributed by atoms with E-state index in [9.17, 15) is 0 Å². The van der Waals surface area contributed by atoms with E-state index in [1.807, 2.05) is 0 Å². The van der Waals surface area contributed by atoms with E-state index in [2.05, 4.69) is 50.8 Å². The van der Waals surface area contributed by atoms with Crippen molar-refractivity contribution >= 4 is 0 Å². The Morgan fingerprint density at radius 3 is 1.92 bits per heavy atom. The van der Waals surface area contributed by atoms with Gasteiger partial charge in [0.2, 0.25) is 0 Å². The number of hydrogen-bond acceptors (Lipinski definition) is 0. The van der Waals surface area contributed by atoms with Crippen molar-refractivity contribution in [3.63, 3.8) is 0 Å². The summed E-state index contributed by atoms with van der Waals surface area (Å²) in [4.78, 5) is 0. The molecule has 0 bridgehead atoms. The van der Waals surface area contributed by atoms with Crippen LogP contribution in [0.3, 0.4) is 0 Å². The molecule has 0 aliphatic carbocycles. The summed E-state index contributed by atoms with van der Waals surface area (Å²) in [6.45, 7) is 7.56. The molecule has 1 nitrogen and oxygen atoms in total. The molecule has 3 N–H and O–H groups in total. The summed E-state index contributed by atoms with van der Waals surface area (Å²) in [6, 6.07) is 8.71. The average molecular weight is 164 g/mol. The van der Waals surface area contributed by atoms with Gasteiger partial charge >= 0.3 is 0 Å². The molecule has 0 aliphatic heterocycles. The van der Waals surface area contributed by atoms with E-state index in [0.29, 0.717) is 0 Å². The molecule has 0 heterocycles. The zero-order chi connectivity index (χ0) is 9.19. The topological polar surface area (TPSA) is 27.6 Å². The van der Waals surface area contributed by atoms with Gasteiger partial charge in [0.05, 0.1) is 6.54 Å². The molecule has 0 spiro atoms. The van der Waals surface area contributed by atoms with Crippen molar-refractivity contribution < 1.29 is 5.73 Å². The maximum Gasteiger partial charge on any atom is 0.0997 e. The Kier molecular flexibility index (Phi) is 2.53. The molecule has 0 saturated carbocycles. The minimum atomic E-state index is 0.264. The van der Waals surface area contributed by atoms with Gasteiger partial charge in [0.25, 0.3) is 0 Å². The van der Waals surface area contributed by atoms with E-state index in [4.69, 9.17) is 0 Å². The van der Waals surface area contributed by atoms with Crippen molar-refractivity contribution in [2.45, 2.75) is 32.7 Å². The van der Waals surface area contributed by atoms with Gasteiger partial charge in [0.15, 0.2) is 0 Å². The van der Waals surface area contributed by atoms with Gasteiger partial charge in [-0.25, -0.2) is 0 Å². The third kappa shape index (κ3) is 2.08. The van der Waals surface area contributed by atoms with Crippen LogP contribution >= 0.6 is 0 Å². The molecule has 12 heavy (non-hydrogen) atoms. The highest BCUT2D eigenvalue weighted by Gasteiger charge is 2.12. The SMILES string of the molecule is CC(C)(C)c1ccc(C[NH3+])cc1. The molecule has 1 rings (SSSR count). The first-order valence-corrected chi connectivity index (χ1v) is 4.42. The minimum absolute atomic E-state index is 0.264. The van der Waals surface area contributed by atoms with Gasteiger partial charge in [-0.05, 0) is 11.0 Å². The van der Waals surface area contributed by atoms with Crippen LogP contribution in [0.25, 0.3) is 0 Å². The average Bonchev–Trinajstić information content (AvgIpc) is 2.03. The van der Waals surface area contributed by atoms with Gasteiger partial charge < -0.3 is 5.73 Å². The van der Waals surface area contributed by atoms with Crippen molar-refractivity contribution in [1.29, 1.82) is 0 Å². The van der Waals surface area contributed by atoms with Gasteiger partial charge in [0, 0.05) is 5.56 Å². The third-order valence-corrected chi connectivity index (χ3v) is 2.11. The van der Waals surface area contributed by atoms with Crippen LogP contribution in [0.1, 0.15) is 31.9 Å². The number of hydrogen-bond donors (Lipinski definition) is 1. The molecule has 0 fully saturated rings. The van der Waals surface area contributed by atoms with Gasteiger partial charge in [-0.2, -0.15) is 0 Å². The lowest BCUT2D eigenvalue weighted by molar-refractivity contribution is -0.386. The van der Waals surface area contributed by atoms with E-state index in [0.717, 1.165) is 6.54 Å². The predicted molar refractivity (Wildman–Crippen MR) is 51.7 cm³/mol. The predicted octanol–water partition coefficient (Wildman–Crippen LogP) is 1.73. The summed E-state index contributed by atoms with van der Waals surface area (Å²) >= 11 is 0. The monoisotopic (exact) mass is 164 g/mol. The summed E-state index contributed by atoms with van der Waals surface area (Å²) in [5.41, 5.74) is 6.81. The van der Waals surface area contributed by atoms with Crippen LogP contribution in [0, 0.1) is 0 Å². The highest BCUT2D eigenvalue weighted by Crippen LogP contribution is 2.21. The van der Waals surface area contributed by atoms with Gasteiger partial charge in [-0.1, -0.05) is 45.0 Å². The molecule has 0 atom stereocenters. The number of rotatable bonds is 1. The van der Waals surface area contributed by atoms with Crippen molar-refractivity contribution in [3.05, 3.63) is 35.4 Å². The molecule has 0 aliphatic rings. The van der Waals surface area contributed by atoms with Crippen molar-refractivity contribution in [1.82, 2.24) is 0 Å². The second-order valence-corrected chi connectivity index (χ2v) is 4.20. The molecule has 1 heteroatoms. The molecule has 0 radical (unpaired) electrons. The van der Waals surface area contributed by atoms with Crippen LogP contribution in [0.2, 0.25) is 0 Å². The molecule has 1 aromatic carbocycles. The third-order valence-electron chi connectivity index (χ3n) is 2.11. The lowest BCUT2D eigenvalue weighted by atomic mass is 9.87. The smallest absolute Gasteiger partial charge is 0.0997 e. The Hall–Kier alpha value is -0.820. The molecular weight excluding hydrogens is 146 g/mol. The van der Waals surface area contributed by atoms with Crippen LogP contribution in [0.4, 0.5) is 0 Å². The largest absolute Gasteiger partial charge is 0.354 e. The minimum Gasteiger partial charge on any atom is -0.354 e. The zero-order valence-electron chi connectivity index (χ0n) is 8.22. The maximum atomic E-state index is 3.85. The van der Waals surface area contributed by atoms with E-state index in [1.165, 1.54) is 11.1 Å². The first kappa shape index (κ1) is 9.27. The quantitative estimate of drug-likeness (QED) is 0.654. The summed E-state index contributed by atoms with van der Waals surface area (Å²) < 4.78 is 0. The van der Waals surface area contributed by atoms with Crippen LogP contribution in [-0.2, 0) is 12.0 Å². The highest BCUT2D eigenvalue weighted by molar-refractivity contribution is 5.26. The second kappa shape index (κ2) is 3.28. The Morgan fingerprint density at radius 1 is 1.08 bits per heavy atom. The van der Waals surface area contributed by atoms with Gasteiger partial charge in [-0.15, -0.1) is 0 Å². The fourth-order valence-electron chi connectivity index (χ4n) is 1.17. The maximum absolute atomic E-state index is 3.85. The molecular formula is C11H18N+. The molecule has 66 valence electrons. The second-order valence-electron chi connectivity index (χ2n) is 4.20. The lowest BCUT2D eigenvalue weighted by Gasteiger charge is -2.18. The highest BCUT2D eigenvalue weighted by atomic mass is 14.5. The Bertz CT molecular complexity index is 241. The summed E-state index contributed by atoms with van der Waals surface area (Å²) in [5, 5.41) is 0. The van der Waals surface area contributed by atoms with E-state index < -0.39 is 0 Å². The van der Waals surface area contributed by atoms with E-state index in [1.54, 1.807) is 0 Å². The number of benzene rings is 1. The molecule has 0 amide bonds. The van der Waals surface area contributed by atoms with Gasteiger partial charge in [0.1, 0.15) is 0 Å². The Morgan fingerprint density at radius 2 is 1.58 bits per heavy atom. The zero-order valence-corrected chi connectivity index (χ0v) is 8.22. The lowest BCUT2D eigenvalue weighted by Crippen LogP contribution is -2.47. The molecule has 0 aromatic heterocycles. The summed E-state index contributed by atoms with van der Waals surface area (Å²) in [6.07, 6.45) is 0. The van der Waals surface area contributed by atoms with Crippen molar-refractivity contribution in [2.24, 2.45) is 0 Å². The fraction of sp³-hybridized carbons (Fsp3) is 0.455. The van der Waals surface area contributed by atoms with E-state index >= 15 is 0 Å². The molecule has 0 saturated heterocycles. The van der Waals surface area contributed by atoms with Gasteiger partial charge in [-0.3, -0.25) is 0 Å². The van der Waals surface area contributed by atoms with Crippen LogP contribution in [-0.4, -0.2) is 0 Å².